The van der Waals surface area contributed by atoms with Crippen LogP contribution in [0.5, 0.6) is 0 Å². The van der Waals surface area contributed by atoms with E-state index in [0.717, 1.165) is 0 Å². The fourth-order valence-corrected chi connectivity index (χ4v) is 1.19. The van der Waals surface area contributed by atoms with Crippen molar-refractivity contribution >= 4 is 11.6 Å². The summed E-state index contributed by atoms with van der Waals surface area (Å²) in [4.78, 5) is 3.62. The fourth-order valence-electron chi connectivity index (χ4n) is 0.956. The predicted molar refractivity (Wildman–Crippen MR) is 48.2 cm³/mol. The Morgan fingerprint density at radius 1 is 1.64 bits per heavy atom. The van der Waals surface area contributed by atoms with E-state index in [4.69, 9.17) is 22.4 Å². The van der Waals surface area contributed by atoms with Crippen LogP contribution < -0.4 is 5.73 Å². The number of rotatable bonds is 3. The molecule has 1 heterocycles. The van der Waals surface area contributed by atoms with E-state index in [9.17, 15) is 8.78 Å². The molecule has 0 aliphatic heterocycles. The summed E-state index contributed by atoms with van der Waals surface area (Å²) in [6.45, 7) is -1.32. The molecule has 0 aliphatic rings. The van der Waals surface area contributed by atoms with Crippen molar-refractivity contribution in [3.8, 4) is 0 Å². The molecule has 3 N–H and O–H groups in total. The van der Waals surface area contributed by atoms with Gasteiger partial charge in [0.1, 0.15) is 11.8 Å². The molecule has 0 saturated carbocycles. The molecule has 0 spiro atoms. The Balaban J connectivity index is 3.00. The standard InChI is InChI=1S/C8H9ClF2N2O/c9-7-5(2-1-3-13-7)6(12)8(10,11)4-14/h1-3,6,14H,4,12H2/t6-/m1/s1. The minimum atomic E-state index is -3.40. The van der Waals surface area contributed by atoms with Crippen molar-refractivity contribution < 1.29 is 13.9 Å². The van der Waals surface area contributed by atoms with Crippen molar-refractivity contribution in [2.75, 3.05) is 6.61 Å². The van der Waals surface area contributed by atoms with Crippen molar-refractivity contribution in [3.63, 3.8) is 0 Å². The average molecular weight is 223 g/mol. The third-order valence-corrected chi connectivity index (χ3v) is 2.10. The molecular weight excluding hydrogens is 214 g/mol. The highest BCUT2D eigenvalue weighted by Crippen LogP contribution is 2.31. The molecule has 0 saturated heterocycles. The summed E-state index contributed by atoms with van der Waals surface area (Å²) in [5.74, 6) is -3.40. The lowest BCUT2D eigenvalue weighted by Crippen LogP contribution is -2.36. The molecular formula is C8H9ClF2N2O. The van der Waals surface area contributed by atoms with Crippen molar-refractivity contribution in [3.05, 3.63) is 29.0 Å². The molecule has 0 radical (unpaired) electrons. The van der Waals surface area contributed by atoms with Crippen molar-refractivity contribution in [2.45, 2.75) is 12.0 Å². The normalized spacial score (nSPS) is 14.1. The number of aromatic nitrogens is 1. The zero-order valence-electron chi connectivity index (χ0n) is 7.12. The first-order valence-corrected chi connectivity index (χ1v) is 4.21. The Morgan fingerprint density at radius 3 is 2.79 bits per heavy atom. The number of pyridine rings is 1. The van der Waals surface area contributed by atoms with E-state index >= 15 is 0 Å². The number of alkyl halides is 2. The number of nitrogens with two attached hydrogens (primary N) is 1. The molecule has 0 bridgehead atoms. The van der Waals surface area contributed by atoms with Crippen molar-refractivity contribution in [1.82, 2.24) is 4.98 Å². The van der Waals surface area contributed by atoms with E-state index in [1.165, 1.54) is 18.3 Å². The van der Waals surface area contributed by atoms with Crippen LogP contribution in [0.3, 0.4) is 0 Å². The van der Waals surface area contributed by atoms with Gasteiger partial charge in [-0.1, -0.05) is 17.7 Å². The minimum Gasteiger partial charge on any atom is -0.390 e. The molecule has 0 fully saturated rings. The zero-order chi connectivity index (χ0) is 10.8. The summed E-state index contributed by atoms with van der Waals surface area (Å²) in [5.41, 5.74) is 5.27. The highest BCUT2D eigenvalue weighted by Gasteiger charge is 2.38. The Hall–Kier alpha value is -0.780. The number of hydrogen-bond acceptors (Lipinski definition) is 3. The van der Waals surface area contributed by atoms with E-state index in [1.54, 1.807) is 0 Å². The summed E-state index contributed by atoms with van der Waals surface area (Å²) in [5, 5.41) is 8.35. The SMILES string of the molecule is N[C@H](c1cccnc1Cl)C(F)(F)CO. The van der Waals surface area contributed by atoms with E-state index in [-0.39, 0.29) is 10.7 Å². The van der Waals surface area contributed by atoms with Gasteiger partial charge in [0, 0.05) is 11.8 Å². The van der Waals surface area contributed by atoms with Gasteiger partial charge in [-0.2, -0.15) is 0 Å². The van der Waals surface area contributed by atoms with Crippen LogP contribution in [-0.4, -0.2) is 22.6 Å². The highest BCUT2D eigenvalue weighted by molar-refractivity contribution is 6.30. The van der Waals surface area contributed by atoms with Crippen LogP contribution in [-0.2, 0) is 0 Å². The predicted octanol–water partition coefficient (Wildman–Crippen LogP) is 1.36. The topological polar surface area (TPSA) is 59.1 Å². The molecule has 1 aromatic heterocycles. The fraction of sp³-hybridized carbons (Fsp3) is 0.375. The van der Waals surface area contributed by atoms with Gasteiger partial charge in [0.05, 0.1) is 6.04 Å². The van der Waals surface area contributed by atoms with Gasteiger partial charge in [0.25, 0.3) is 5.92 Å². The maximum absolute atomic E-state index is 13.0. The molecule has 1 rings (SSSR count). The van der Waals surface area contributed by atoms with Crippen LogP contribution in [0.2, 0.25) is 5.15 Å². The van der Waals surface area contributed by atoms with Crippen LogP contribution in [0, 0.1) is 0 Å². The molecule has 0 aliphatic carbocycles. The molecule has 1 aromatic rings. The number of aliphatic hydroxyl groups is 1. The van der Waals surface area contributed by atoms with Crippen LogP contribution in [0.4, 0.5) is 8.78 Å². The zero-order valence-corrected chi connectivity index (χ0v) is 7.88. The van der Waals surface area contributed by atoms with Gasteiger partial charge in [-0.25, -0.2) is 13.8 Å². The van der Waals surface area contributed by atoms with E-state index in [0.29, 0.717) is 0 Å². The van der Waals surface area contributed by atoms with Gasteiger partial charge in [0.2, 0.25) is 0 Å². The van der Waals surface area contributed by atoms with E-state index in [2.05, 4.69) is 4.98 Å². The largest absolute Gasteiger partial charge is 0.390 e. The molecule has 0 unspecified atom stereocenters. The molecule has 1 atom stereocenters. The Morgan fingerprint density at radius 2 is 2.29 bits per heavy atom. The van der Waals surface area contributed by atoms with Crippen LogP contribution in [0.25, 0.3) is 0 Å². The number of halogens is 3. The first kappa shape index (κ1) is 11.3. The number of hydrogen-bond donors (Lipinski definition) is 2. The van der Waals surface area contributed by atoms with E-state index in [1.807, 2.05) is 0 Å². The third kappa shape index (κ3) is 2.17. The average Bonchev–Trinajstić information content (AvgIpc) is 2.17. The Kier molecular flexibility index (Phi) is 3.36. The lowest BCUT2D eigenvalue weighted by Gasteiger charge is -2.21. The van der Waals surface area contributed by atoms with Gasteiger partial charge in [0.15, 0.2) is 0 Å². The lowest BCUT2D eigenvalue weighted by molar-refractivity contribution is -0.0712. The van der Waals surface area contributed by atoms with Crippen molar-refractivity contribution in [2.24, 2.45) is 5.73 Å². The quantitative estimate of drug-likeness (QED) is 0.760. The molecule has 0 amide bonds. The monoisotopic (exact) mass is 222 g/mol. The van der Waals surface area contributed by atoms with Crippen LogP contribution in [0.1, 0.15) is 11.6 Å². The first-order chi connectivity index (χ1) is 6.49. The third-order valence-electron chi connectivity index (χ3n) is 1.79. The minimum absolute atomic E-state index is 0.0215. The maximum Gasteiger partial charge on any atom is 0.289 e. The summed E-state index contributed by atoms with van der Waals surface area (Å²) in [6.07, 6.45) is 1.37. The molecule has 3 nitrogen and oxygen atoms in total. The van der Waals surface area contributed by atoms with Gasteiger partial charge in [-0.05, 0) is 6.07 Å². The van der Waals surface area contributed by atoms with Crippen LogP contribution in [0.15, 0.2) is 18.3 Å². The smallest absolute Gasteiger partial charge is 0.289 e. The second kappa shape index (κ2) is 4.16. The Bertz CT molecular complexity index is 322. The van der Waals surface area contributed by atoms with Crippen molar-refractivity contribution in [1.29, 1.82) is 0 Å². The highest BCUT2D eigenvalue weighted by atomic mass is 35.5. The molecule has 0 aromatic carbocycles. The number of aliphatic hydroxyl groups excluding tert-OH is 1. The molecule has 14 heavy (non-hydrogen) atoms. The first-order valence-electron chi connectivity index (χ1n) is 3.83. The van der Waals surface area contributed by atoms with Gasteiger partial charge in [-0.3, -0.25) is 0 Å². The maximum atomic E-state index is 13.0. The van der Waals surface area contributed by atoms with E-state index < -0.39 is 18.6 Å². The Labute approximate surface area is 84.5 Å². The molecule has 6 heteroatoms. The lowest BCUT2D eigenvalue weighted by atomic mass is 10.0. The molecule has 78 valence electrons. The summed E-state index contributed by atoms with van der Waals surface area (Å²) in [6, 6.07) is 1.16. The second-order valence-corrected chi connectivity index (χ2v) is 3.14. The summed E-state index contributed by atoms with van der Waals surface area (Å²) < 4.78 is 25.9. The van der Waals surface area contributed by atoms with Crippen LogP contribution >= 0.6 is 11.6 Å². The van der Waals surface area contributed by atoms with Gasteiger partial charge < -0.3 is 10.8 Å². The van der Waals surface area contributed by atoms with Gasteiger partial charge >= 0.3 is 0 Å². The number of nitrogens with zero attached hydrogens (tertiary/aromatic N) is 1. The summed E-state index contributed by atoms with van der Waals surface area (Å²) in [7, 11) is 0. The second-order valence-electron chi connectivity index (χ2n) is 2.78. The summed E-state index contributed by atoms with van der Waals surface area (Å²) >= 11 is 5.58. The van der Waals surface area contributed by atoms with Gasteiger partial charge in [-0.15, -0.1) is 0 Å².